The number of rotatable bonds is 5. The Bertz CT molecular complexity index is 1420. The third kappa shape index (κ3) is 3.96. The molecule has 4 aromatic rings. The Morgan fingerprint density at radius 2 is 1.79 bits per heavy atom. The van der Waals surface area contributed by atoms with Crippen LogP contribution in [0.5, 0.6) is 23.0 Å². The highest BCUT2D eigenvalue weighted by molar-refractivity contribution is 5.86. The van der Waals surface area contributed by atoms with E-state index in [2.05, 4.69) is 0 Å². The van der Waals surface area contributed by atoms with Gasteiger partial charge >= 0.3 is 5.97 Å². The van der Waals surface area contributed by atoms with Gasteiger partial charge in [0.25, 0.3) is 0 Å². The molecule has 1 unspecified atom stereocenters. The molecule has 1 atom stereocenters. The molecule has 1 aliphatic heterocycles. The SMILES string of the molecule is CCc1ccc2oc(-c3ccc(OC)cc3)c(OC(=O)C3COc4ccccc4O3)c(=O)c2c1. The van der Waals surface area contributed by atoms with E-state index in [-0.39, 0.29) is 18.1 Å². The van der Waals surface area contributed by atoms with Crippen molar-refractivity contribution < 1.29 is 28.2 Å². The highest BCUT2D eigenvalue weighted by Crippen LogP contribution is 2.34. The number of fused-ring (bicyclic) bond motifs is 2. The molecule has 0 aliphatic carbocycles. The average molecular weight is 458 g/mol. The molecule has 7 heteroatoms. The van der Waals surface area contributed by atoms with Crippen LogP contribution in [0.1, 0.15) is 12.5 Å². The van der Waals surface area contributed by atoms with Crippen LogP contribution >= 0.6 is 0 Å². The molecule has 0 radical (unpaired) electrons. The number of hydrogen-bond acceptors (Lipinski definition) is 7. The molecule has 0 amide bonds. The molecule has 34 heavy (non-hydrogen) atoms. The van der Waals surface area contributed by atoms with Gasteiger partial charge in [-0.05, 0) is 60.5 Å². The second kappa shape index (κ2) is 8.94. The van der Waals surface area contributed by atoms with Crippen molar-refractivity contribution in [2.45, 2.75) is 19.4 Å². The van der Waals surface area contributed by atoms with E-state index in [0.29, 0.717) is 33.8 Å². The highest BCUT2D eigenvalue weighted by atomic mass is 16.6. The predicted molar refractivity (Wildman–Crippen MR) is 126 cm³/mol. The first-order valence-electron chi connectivity index (χ1n) is 10.9. The largest absolute Gasteiger partial charge is 0.497 e. The van der Waals surface area contributed by atoms with Crippen LogP contribution in [0.2, 0.25) is 0 Å². The fourth-order valence-corrected chi connectivity index (χ4v) is 3.77. The van der Waals surface area contributed by atoms with Gasteiger partial charge in [-0.15, -0.1) is 0 Å². The molecular formula is C27H22O7. The van der Waals surface area contributed by atoms with Crippen molar-refractivity contribution in [1.29, 1.82) is 0 Å². The van der Waals surface area contributed by atoms with Crippen LogP contribution in [0.4, 0.5) is 0 Å². The van der Waals surface area contributed by atoms with Crippen molar-refractivity contribution in [3.63, 3.8) is 0 Å². The topological polar surface area (TPSA) is 84.2 Å². The van der Waals surface area contributed by atoms with Crippen molar-refractivity contribution in [2.24, 2.45) is 0 Å². The zero-order chi connectivity index (χ0) is 23.7. The van der Waals surface area contributed by atoms with Gasteiger partial charge in [-0.3, -0.25) is 4.79 Å². The Morgan fingerprint density at radius 3 is 2.53 bits per heavy atom. The van der Waals surface area contributed by atoms with E-state index in [4.69, 9.17) is 23.4 Å². The van der Waals surface area contributed by atoms with Crippen molar-refractivity contribution in [2.75, 3.05) is 13.7 Å². The van der Waals surface area contributed by atoms with E-state index in [0.717, 1.165) is 12.0 Å². The Hall–Kier alpha value is -4.26. The second-order valence-corrected chi connectivity index (χ2v) is 7.79. The molecule has 172 valence electrons. The van der Waals surface area contributed by atoms with Gasteiger partial charge in [-0.25, -0.2) is 4.79 Å². The number of ether oxygens (including phenoxy) is 4. The Morgan fingerprint density at radius 1 is 1.03 bits per heavy atom. The van der Waals surface area contributed by atoms with Gasteiger partial charge in [0.15, 0.2) is 17.3 Å². The van der Waals surface area contributed by atoms with Crippen LogP contribution in [0.25, 0.3) is 22.3 Å². The number of carbonyl (C=O) groups excluding carboxylic acids is 1. The first kappa shape index (κ1) is 21.6. The quantitative estimate of drug-likeness (QED) is 0.398. The summed E-state index contributed by atoms with van der Waals surface area (Å²) in [6.45, 7) is 1.96. The summed E-state index contributed by atoms with van der Waals surface area (Å²) >= 11 is 0. The molecule has 7 nitrogen and oxygen atoms in total. The molecule has 0 saturated heterocycles. The summed E-state index contributed by atoms with van der Waals surface area (Å²) in [4.78, 5) is 26.5. The van der Waals surface area contributed by atoms with E-state index in [1.54, 1.807) is 61.7 Å². The standard InChI is InChI=1S/C27H22O7/c1-3-16-8-13-20-19(14-16)24(28)26(25(33-20)17-9-11-18(30-2)12-10-17)34-27(29)23-15-31-21-6-4-5-7-22(21)32-23/h4-14,23H,3,15H2,1-2H3. The minimum absolute atomic E-state index is 0.0351. The maximum absolute atomic E-state index is 13.5. The molecule has 0 spiro atoms. The van der Waals surface area contributed by atoms with Gasteiger partial charge in [0.05, 0.1) is 12.5 Å². The monoisotopic (exact) mass is 458 g/mol. The summed E-state index contributed by atoms with van der Waals surface area (Å²) < 4.78 is 28.3. The van der Waals surface area contributed by atoms with Crippen molar-refractivity contribution >= 4 is 16.9 Å². The summed E-state index contributed by atoms with van der Waals surface area (Å²) in [6.07, 6.45) is -0.284. The summed E-state index contributed by atoms with van der Waals surface area (Å²) in [7, 11) is 1.56. The fourth-order valence-electron chi connectivity index (χ4n) is 3.77. The van der Waals surface area contributed by atoms with Crippen molar-refractivity contribution in [1.82, 2.24) is 0 Å². The number of carbonyl (C=O) groups is 1. The molecule has 0 bridgehead atoms. The number of hydrogen-bond donors (Lipinski definition) is 0. The third-order valence-electron chi connectivity index (χ3n) is 5.65. The lowest BCUT2D eigenvalue weighted by molar-refractivity contribution is -0.144. The Labute approximate surface area is 195 Å². The van der Waals surface area contributed by atoms with Crippen molar-refractivity contribution in [3.8, 4) is 34.3 Å². The van der Waals surface area contributed by atoms with Crippen LogP contribution in [-0.4, -0.2) is 25.8 Å². The van der Waals surface area contributed by atoms with E-state index < -0.39 is 17.5 Å². The van der Waals surface area contributed by atoms with Gasteiger partial charge in [-0.1, -0.05) is 25.1 Å². The lowest BCUT2D eigenvalue weighted by atomic mass is 10.1. The molecule has 3 aromatic carbocycles. The normalized spacial score (nSPS) is 14.6. The van der Waals surface area contributed by atoms with Crippen molar-refractivity contribution in [3.05, 3.63) is 82.5 Å². The van der Waals surface area contributed by atoms with Crippen LogP contribution in [0.15, 0.2) is 75.9 Å². The zero-order valence-corrected chi connectivity index (χ0v) is 18.7. The van der Waals surface area contributed by atoms with Gasteiger partial charge in [0, 0.05) is 5.56 Å². The number of esters is 1. The van der Waals surface area contributed by atoms with E-state index in [1.165, 1.54) is 0 Å². The molecule has 0 N–H and O–H groups in total. The number of benzene rings is 3. The summed E-state index contributed by atoms with van der Waals surface area (Å²) in [5, 5.41) is 0.338. The zero-order valence-electron chi connectivity index (χ0n) is 18.7. The van der Waals surface area contributed by atoms with E-state index in [9.17, 15) is 9.59 Å². The summed E-state index contributed by atoms with van der Waals surface area (Å²) in [5.41, 5.74) is 1.50. The minimum atomic E-state index is -1.03. The van der Waals surface area contributed by atoms with Gasteiger partial charge in [0.1, 0.15) is 17.9 Å². The molecule has 2 heterocycles. The number of methoxy groups -OCH3 is 1. The van der Waals surface area contributed by atoms with Crippen LogP contribution < -0.4 is 24.4 Å². The lowest BCUT2D eigenvalue weighted by Gasteiger charge is -2.25. The van der Waals surface area contributed by atoms with E-state index >= 15 is 0 Å². The predicted octanol–water partition coefficient (Wildman–Crippen LogP) is 4.78. The Kier molecular flexibility index (Phi) is 5.67. The Balaban J connectivity index is 1.57. The molecular weight excluding hydrogens is 436 g/mol. The first-order chi connectivity index (χ1) is 16.6. The average Bonchev–Trinajstić information content (AvgIpc) is 2.89. The molecule has 1 aliphatic rings. The highest BCUT2D eigenvalue weighted by Gasteiger charge is 2.31. The van der Waals surface area contributed by atoms with E-state index in [1.807, 2.05) is 19.1 Å². The third-order valence-corrected chi connectivity index (χ3v) is 5.65. The van der Waals surface area contributed by atoms with Crippen LogP contribution in [0, 0.1) is 0 Å². The molecule has 0 saturated carbocycles. The van der Waals surface area contributed by atoms with Crippen LogP contribution in [-0.2, 0) is 11.2 Å². The fraction of sp³-hybridized carbons (Fsp3) is 0.185. The molecule has 0 fully saturated rings. The number of para-hydroxylation sites is 2. The summed E-state index contributed by atoms with van der Waals surface area (Å²) in [5.74, 6) is 0.826. The smallest absolute Gasteiger partial charge is 0.356 e. The molecule has 1 aromatic heterocycles. The minimum Gasteiger partial charge on any atom is -0.497 e. The first-order valence-corrected chi connectivity index (χ1v) is 10.9. The molecule has 5 rings (SSSR count). The summed E-state index contributed by atoms with van der Waals surface area (Å²) in [6, 6.07) is 19.4. The maximum atomic E-state index is 13.5. The lowest BCUT2D eigenvalue weighted by Crippen LogP contribution is -2.40. The van der Waals surface area contributed by atoms with Gasteiger partial charge < -0.3 is 23.4 Å². The second-order valence-electron chi connectivity index (χ2n) is 7.79. The van der Waals surface area contributed by atoms with Gasteiger partial charge in [-0.2, -0.15) is 0 Å². The number of aryl methyl sites for hydroxylation is 1. The van der Waals surface area contributed by atoms with Gasteiger partial charge in [0.2, 0.25) is 17.3 Å². The maximum Gasteiger partial charge on any atom is 0.356 e. The van der Waals surface area contributed by atoms with Crippen LogP contribution in [0.3, 0.4) is 0 Å².